The first-order valence-corrected chi connectivity index (χ1v) is 9.31. The van der Waals surface area contributed by atoms with E-state index in [-0.39, 0.29) is 25.1 Å². The smallest absolute Gasteiger partial charge is 0.402 e. The Bertz CT molecular complexity index is 771. The molecule has 2 heterocycles. The fourth-order valence-electron chi connectivity index (χ4n) is 3.81. The molecule has 7 nitrogen and oxygen atoms in total. The zero-order valence-corrected chi connectivity index (χ0v) is 15.7. The normalized spacial score (nSPS) is 25.3. The average molecular weight is 412 g/mol. The lowest BCUT2D eigenvalue weighted by Crippen LogP contribution is -2.65. The molecular formula is C19H23F3N4O3. The maximum Gasteiger partial charge on any atom is 0.402 e. The molecule has 3 rings (SSSR count). The van der Waals surface area contributed by atoms with Gasteiger partial charge in [-0.3, -0.25) is 19.9 Å². The van der Waals surface area contributed by atoms with Crippen molar-refractivity contribution in [3.8, 4) is 5.75 Å². The highest BCUT2D eigenvalue weighted by atomic mass is 19.4. The van der Waals surface area contributed by atoms with E-state index in [2.05, 4.69) is 22.7 Å². The number of carbonyl (C=O) groups is 2. The van der Waals surface area contributed by atoms with Gasteiger partial charge in [0.1, 0.15) is 12.4 Å². The summed E-state index contributed by atoms with van der Waals surface area (Å²) in [5.41, 5.74) is 5.17. The highest BCUT2D eigenvalue weighted by Crippen LogP contribution is 2.35. The first-order valence-electron chi connectivity index (χ1n) is 9.31. The molecule has 0 aromatic heterocycles. The molecule has 2 aliphatic heterocycles. The van der Waals surface area contributed by atoms with Gasteiger partial charge in [-0.25, -0.2) is 5.43 Å². The average Bonchev–Trinajstić information content (AvgIpc) is 3.14. The fourth-order valence-corrected chi connectivity index (χ4v) is 3.81. The van der Waals surface area contributed by atoms with Gasteiger partial charge < -0.3 is 10.1 Å². The van der Waals surface area contributed by atoms with Crippen LogP contribution in [0.1, 0.15) is 12.8 Å². The number of hydrogen-bond acceptors (Lipinski definition) is 5. The topological polar surface area (TPSA) is 82.7 Å². The van der Waals surface area contributed by atoms with Crippen LogP contribution in [-0.4, -0.2) is 54.7 Å². The van der Waals surface area contributed by atoms with E-state index in [0.29, 0.717) is 24.4 Å². The number of hydrazine groups is 1. The molecule has 0 saturated carbocycles. The molecule has 0 bridgehead atoms. The predicted octanol–water partition coefficient (Wildman–Crippen LogP) is 1.84. The summed E-state index contributed by atoms with van der Waals surface area (Å²) in [4.78, 5) is 25.0. The van der Waals surface area contributed by atoms with Crippen molar-refractivity contribution < 1.29 is 27.5 Å². The molecule has 2 aliphatic rings. The van der Waals surface area contributed by atoms with E-state index < -0.39 is 24.0 Å². The molecule has 0 spiro atoms. The van der Waals surface area contributed by atoms with Crippen LogP contribution in [0.15, 0.2) is 36.9 Å². The molecule has 3 atom stereocenters. The van der Waals surface area contributed by atoms with E-state index >= 15 is 0 Å². The highest BCUT2D eigenvalue weighted by Gasteiger charge is 2.54. The Morgan fingerprint density at radius 1 is 1.41 bits per heavy atom. The van der Waals surface area contributed by atoms with Crippen LogP contribution in [0.2, 0.25) is 0 Å². The lowest BCUT2D eigenvalue weighted by molar-refractivity contribution is -0.201. The van der Waals surface area contributed by atoms with E-state index in [1.807, 2.05) is 0 Å². The molecule has 1 aromatic carbocycles. The van der Waals surface area contributed by atoms with Crippen molar-refractivity contribution in [2.45, 2.75) is 31.1 Å². The van der Waals surface area contributed by atoms with Crippen LogP contribution in [-0.2, 0) is 9.59 Å². The molecule has 29 heavy (non-hydrogen) atoms. The van der Waals surface area contributed by atoms with Gasteiger partial charge in [0.15, 0.2) is 5.92 Å². The minimum Gasteiger partial charge on any atom is -0.492 e. The maximum atomic E-state index is 13.5. The summed E-state index contributed by atoms with van der Waals surface area (Å²) >= 11 is 0. The monoisotopic (exact) mass is 412 g/mol. The van der Waals surface area contributed by atoms with Crippen molar-refractivity contribution in [3.63, 3.8) is 0 Å². The number of halogens is 3. The zero-order valence-electron chi connectivity index (χ0n) is 15.7. The second-order valence-corrected chi connectivity index (χ2v) is 7.02. The number of carbonyl (C=O) groups excluding carboxylic acids is 2. The number of likely N-dealkylation sites (tertiary alicyclic amines) is 1. The van der Waals surface area contributed by atoms with Gasteiger partial charge in [-0.15, -0.1) is 0 Å². The quantitative estimate of drug-likeness (QED) is 0.621. The Morgan fingerprint density at radius 3 is 2.93 bits per heavy atom. The number of benzene rings is 1. The van der Waals surface area contributed by atoms with E-state index in [1.165, 1.54) is 0 Å². The van der Waals surface area contributed by atoms with Crippen LogP contribution < -0.4 is 20.9 Å². The molecule has 158 valence electrons. The zero-order chi connectivity index (χ0) is 21.0. The lowest BCUT2D eigenvalue weighted by Gasteiger charge is -2.40. The number of amides is 2. The third-order valence-corrected chi connectivity index (χ3v) is 5.12. The van der Waals surface area contributed by atoms with Gasteiger partial charge in [-0.2, -0.15) is 13.2 Å². The van der Waals surface area contributed by atoms with Crippen molar-refractivity contribution in [2.75, 3.05) is 25.0 Å². The van der Waals surface area contributed by atoms with Crippen molar-refractivity contribution in [3.05, 3.63) is 36.9 Å². The summed E-state index contributed by atoms with van der Waals surface area (Å²) in [6.45, 7) is 4.05. The van der Waals surface area contributed by atoms with Crippen molar-refractivity contribution in [1.82, 2.24) is 15.8 Å². The molecule has 0 radical (unpaired) electrons. The molecule has 2 amide bonds. The summed E-state index contributed by atoms with van der Waals surface area (Å²) in [6, 6.07) is 5.50. The first-order chi connectivity index (χ1) is 13.8. The van der Waals surface area contributed by atoms with E-state index in [0.717, 1.165) is 12.5 Å². The third kappa shape index (κ3) is 5.07. The number of anilines is 1. The van der Waals surface area contributed by atoms with E-state index in [4.69, 9.17) is 4.74 Å². The van der Waals surface area contributed by atoms with Gasteiger partial charge in [0, 0.05) is 30.4 Å². The Morgan fingerprint density at radius 2 is 2.21 bits per heavy atom. The number of alkyl halides is 3. The van der Waals surface area contributed by atoms with Crippen molar-refractivity contribution in [1.29, 1.82) is 0 Å². The van der Waals surface area contributed by atoms with Gasteiger partial charge in [0.25, 0.3) is 0 Å². The first kappa shape index (κ1) is 21.1. The second-order valence-electron chi connectivity index (χ2n) is 7.02. The summed E-state index contributed by atoms with van der Waals surface area (Å²) < 4.78 is 46.2. The molecule has 3 N–H and O–H groups in total. The summed E-state index contributed by atoms with van der Waals surface area (Å²) in [7, 11) is 0. The fraction of sp³-hybridized carbons (Fsp3) is 0.474. The van der Waals surface area contributed by atoms with Gasteiger partial charge in [0.05, 0.1) is 0 Å². The van der Waals surface area contributed by atoms with E-state index in [1.54, 1.807) is 29.2 Å². The Labute approximate surface area is 166 Å². The number of nitrogens with zero attached hydrogens (tertiary/aromatic N) is 1. The van der Waals surface area contributed by atoms with E-state index in [9.17, 15) is 22.8 Å². The number of rotatable bonds is 6. The molecule has 1 aromatic rings. The SMILES string of the molecule is C=CC(=O)Nc1cccc(OC[C@@H]2CCCN2C2CNNC(=O)C2C(F)(F)F)c1. The number of ether oxygens (including phenoxy) is 1. The van der Waals surface area contributed by atoms with Crippen LogP contribution in [0.5, 0.6) is 5.75 Å². The minimum atomic E-state index is -4.62. The van der Waals surface area contributed by atoms with Crippen LogP contribution in [0, 0.1) is 5.92 Å². The van der Waals surface area contributed by atoms with Crippen LogP contribution in [0.4, 0.5) is 18.9 Å². The summed E-state index contributed by atoms with van der Waals surface area (Å²) in [6.07, 6.45) is -2.07. The standard InChI is InChI=1S/C19H23F3N4O3/c1-2-16(27)24-12-5-3-7-14(9-12)29-11-13-6-4-8-26(13)15-10-23-25-18(28)17(15)19(20,21)22/h2-3,5,7,9,13,15,17,23H,1,4,6,8,10-11H2,(H,24,27)(H,25,28)/t13-,15?,17?/m0/s1. The maximum absolute atomic E-state index is 13.5. The van der Waals surface area contributed by atoms with Gasteiger partial charge in [-0.05, 0) is 37.6 Å². The molecule has 2 unspecified atom stereocenters. The highest BCUT2D eigenvalue weighted by molar-refractivity contribution is 5.98. The Hall–Kier alpha value is -2.59. The minimum absolute atomic E-state index is 0.00941. The van der Waals surface area contributed by atoms with Gasteiger partial charge in [-0.1, -0.05) is 12.6 Å². The van der Waals surface area contributed by atoms with Gasteiger partial charge in [0.2, 0.25) is 11.8 Å². The summed E-state index contributed by atoms with van der Waals surface area (Å²) in [5, 5.41) is 2.62. The Balaban J connectivity index is 1.67. The van der Waals surface area contributed by atoms with Gasteiger partial charge >= 0.3 is 6.18 Å². The molecule has 2 saturated heterocycles. The number of hydrogen-bond donors (Lipinski definition) is 3. The molecule has 0 aliphatic carbocycles. The Kier molecular flexibility index (Phi) is 6.43. The molecule has 2 fully saturated rings. The van der Waals surface area contributed by atoms with Crippen LogP contribution >= 0.6 is 0 Å². The third-order valence-electron chi connectivity index (χ3n) is 5.12. The molecular weight excluding hydrogens is 389 g/mol. The summed E-state index contributed by atoms with van der Waals surface area (Å²) in [5.74, 6) is -3.01. The second kappa shape index (κ2) is 8.83. The number of nitrogens with one attached hydrogen (secondary N) is 3. The predicted molar refractivity (Wildman–Crippen MR) is 100.0 cm³/mol. The largest absolute Gasteiger partial charge is 0.492 e. The lowest BCUT2D eigenvalue weighted by atomic mass is 9.94. The van der Waals surface area contributed by atoms with Crippen LogP contribution in [0.25, 0.3) is 0 Å². The van der Waals surface area contributed by atoms with Crippen molar-refractivity contribution in [2.24, 2.45) is 5.92 Å². The molecule has 10 heteroatoms. The van der Waals surface area contributed by atoms with Crippen molar-refractivity contribution >= 4 is 17.5 Å². The van der Waals surface area contributed by atoms with Crippen LogP contribution in [0.3, 0.4) is 0 Å².